The van der Waals surface area contributed by atoms with E-state index < -0.39 is 5.97 Å². The number of benzene rings is 2. The van der Waals surface area contributed by atoms with Gasteiger partial charge < -0.3 is 25.1 Å². The first-order valence-electron chi connectivity index (χ1n) is 9.67. The number of fused-ring (bicyclic) bond motifs is 2. The van der Waals surface area contributed by atoms with Crippen molar-refractivity contribution < 1.29 is 14.2 Å². The van der Waals surface area contributed by atoms with Crippen molar-refractivity contribution in [2.45, 2.75) is 13.8 Å². The summed E-state index contributed by atoms with van der Waals surface area (Å²) in [4.78, 5) is 26.6. The van der Waals surface area contributed by atoms with Gasteiger partial charge in [-0.2, -0.15) is 4.98 Å². The number of rotatable bonds is 3. The number of aromatic nitrogens is 4. The Morgan fingerprint density at radius 1 is 1.03 bits per heavy atom. The van der Waals surface area contributed by atoms with Crippen LogP contribution in [0.25, 0.3) is 33.4 Å². The van der Waals surface area contributed by atoms with Crippen molar-refractivity contribution in [1.29, 1.82) is 0 Å². The molecule has 0 atom stereocenters. The molecule has 0 aliphatic carbocycles. The molecule has 0 spiro atoms. The number of H-pyrrole nitrogens is 2. The molecule has 2 aromatic carbocycles. The standard InChI is InChI=1S/C11H10BrN3O2.C11H8BrN3O/c1-6(13)15-17-11(16)10-5-7-4-8(12)2-3-9(7)14-10;1-6-13-11(16-15-6)10-5-7-4-8(12)2-3-9(7)14-10/h2-5,14H,1H3,(H2,13,15);2-5,14H,1H3. The van der Waals surface area contributed by atoms with Crippen LogP contribution >= 0.6 is 31.9 Å². The molecule has 0 saturated heterocycles. The molecule has 0 amide bonds. The average molecular weight is 574 g/mol. The molecular weight excluding hydrogens is 556 g/mol. The molecule has 11 heteroatoms. The summed E-state index contributed by atoms with van der Waals surface area (Å²) in [7, 11) is 0. The van der Waals surface area contributed by atoms with Crippen LogP contribution in [0, 0.1) is 6.92 Å². The molecular formula is C22H18Br2N6O3. The van der Waals surface area contributed by atoms with Gasteiger partial charge in [0.1, 0.15) is 17.2 Å². The van der Waals surface area contributed by atoms with E-state index in [1.54, 1.807) is 13.0 Å². The number of halogens is 2. The van der Waals surface area contributed by atoms with Gasteiger partial charge in [-0.3, -0.25) is 0 Å². The summed E-state index contributed by atoms with van der Waals surface area (Å²) in [5.74, 6) is 0.777. The quantitative estimate of drug-likeness (QED) is 0.110. The molecule has 4 N–H and O–H groups in total. The van der Waals surface area contributed by atoms with Gasteiger partial charge in [-0.05, 0) is 62.4 Å². The van der Waals surface area contributed by atoms with Crippen molar-refractivity contribution in [1.82, 2.24) is 20.1 Å². The second kappa shape index (κ2) is 9.59. The second-order valence-electron chi connectivity index (χ2n) is 7.09. The lowest BCUT2D eigenvalue weighted by molar-refractivity contribution is 0.0509. The van der Waals surface area contributed by atoms with E-state index in [4.69, 9.17) is 10.3 Å². The number of amidine groups is 1. The van der Waals surface area contributed by atoms with Gasteiger partial charge in [-0.15, -0.1) is 0 Å². The predicted octanol–water partition coefficient (Wildman–Crippen LogP) is 5.67. The molecule has 3 heterocycles. The topological polar surface area (TPSA) is 135 Å². The summed E-state index contributed by atoms with van der Waals surface area (Å²) < 4.78 is 7.10. The Hall–Kier alpha value is -3.44. The van der Waals surface area contributed by atoms with Gasteiger partial charge in [-0.25, -0.2) is 4.79 Å². The summed E-state index contributed by atoms with van der Waals surface area (Å²) in [5.41, 5.74) is 8.35. The molecule has 0 unspecified atom stereocenters. The molecule has 3 aromatic heterocycles. The number of carbonyl (C=O) groups is 1. The third-order valence-electron chi connectivity index (χ3n) is 4.42. The van der Waals surface area contributed by atoms with Crippen LogP contribution in [0.4, 0.5) is 0 Å². The molecule has 0 saturated carbocycles. The summed E-state index contributed by atoms with van der Waals surface area (Å²) >= 11 is 6.80. The van der Waals surface area contributed by atoms with Crippen LogP contribution in [0.3, 0.4) is 0 Å². The number of nitrogens with one attached hydrogen (secondary N) is 2. The lowest BCUT2D eigenvalue weighted by atomic mass is 10.2. The van der Waals surface area contributed by atoms with E-state index in [-0.39, 0.29) is 5.84 Å². The highest BCUT2D eigenvalue weighted by Crippen LogP contribution is 2.25. The van der Waals surface area contributed by atoms with E-state index in [0.29, 0.717) is 17.4 Å². The third-order valence-corrected chi connectivity index (χ3v) is 5.40. The molecule has 0 aliphatic heterocycles. The monoisotopic (exact) mass is 572 g/mol. The molecule has 5 aromatic rings. The van der Waals surface area contributed by atoms with Crippen molar-refractivity contribution in [2.24, 2.45) is 10.9 Å². The van der Waals surface area contributed by atoms with Gasteiger partial charge in [0.2, 0.25) is 0 Å². The zero-order valence-electron chi connectivity index (χ0n) is 17.5. The minimum Gasteiger partial charge on any atom is -0.385 e. The number of nitrogens with two attached hydrogens (primary N) is 1. The number of aromatic amines is 2. The predicted molar refractivity (Wildman–Crippen MR) is 133 cm³/mol. The van der Waals surface area contributed by atoms with Crippen molar-refractivity contribution in [3.05, 3.63) is 69.0 Å². The Balaban J connectivity index is 0.000000157. The van der Waals surface area contributed by atoms with Gasteiger partial charge in [-0.1, -0.05) is 42.2 Å². The van der Waals surface area contributed by atoms with Crippen molar-refractivity contribution in [2.75, 3.05) is 0 Å². The summed E-state index contributed by atoms with van der Waals surface area (Å²) in [5, 5.41) is 9.20. The van der Waals surface area contributed by atoms with E-state index in [2.05, 4.69) is 62.0 Å². The van der Waals surface area contributed by atoms with Crippen LogP contribution in [0.5, 0.6) is 0 Å². The van der Waals surface area contributed by atoms with E-state index in [1.165, 1.54) is 6.92 Å². The largest absolute Gasteiger partial charge is 0.385 e. The van der Waals surface area contributed by atoms with E-state index in [9.17, 15) is 4.79 Å². The highest BCUT2D eigenvalue weighted by atomic mass is 79.9. The molecule has 168 valence electrons. The highest BCUT2D eigenvalue weighted by molar-refractivity contribution is 9.10. The number of nitrogens with zero attached hydrogens (tertiary/aromatic N) is 3. The van der Waals surface area contributed by atoms with Crippen molar-refractivity contribution >= 4 is 65.5 Å². The Morgan fingerprint density at radius 2 is 1.67 bits per heavy atom. The Bertz CT molecular complexity index is 1480. The third kappa shape index (κ3) is 5.49. The summed E-state index contributed by atoms with van der Waals surface area (Å²) in [6.07, 6.45) is 0. The van der Waals surface area contributed by atoms with Crippen molar-refractivity contribution in [3.8, 4) is 11.6 Å². The number of aryl methyl sites for hydroxylation is 1. The Kier molecular flexibility index (Phi) is 6.61. The maximum absolute atomic E-state index is 11.6. The lowest BCUT2D eigenvalue weighted by Gasteiger charge is -1.94. The van der Waals surface area contributed by atoms with Gasteiger partial charge >= 0.3 is 5.97 Å². The molecule has 0 aliphatic rings. The van der Waals surface area contributed by atoms with Crippen LogP contribution < -0.4 is 5.73 Å². The van der Waals surface area contributed by atoms with Crippen LogP contribution in [-0.2, 0) is 4.84 Å². The number of oxime groups is 1. The fourth-order valence-corrected chi connectivity index (χ4v) is 3.76. The number of hydrogen-bond acceptors (Lipinski definition) is 6. The van der Waals surface area contributed by atoms with Gasteiger partial charge in [0.25, 0.3) is 5.89 Å². The molecule has 0 bridgehead atoms. The maximum Gasteiger partial charge on any atom is 0.381 e. The number of carbonyl (C=O) groups excluding carboxylic acids is 1. The molecule has 0 radical (unpaired) electrons. The van der Waals surface area contributed by atoms with Crippen LogP contribution in [-0.4, -0.2) is 31.9 Å². The van der Waals surface area contributed by atoms with Crippen LogP contribution in [0.1, 0.15) is 23.2 Å². The normalized spacial score (nSPS) is 11.5. The first-order chi connectivity index (χ1) is 15.8. The molecule has 0 fully saturated rings. The lowest BCUT2D eigenvalue weighted by Crippen LogP contribution is -2.09. The first kappa shape index (κ1) is 22.7. The minimum atomic E-state index is -0.567. The maximum atomic E-state index is 11.6. The van der Waals surface area contributed by atoms with Crippen LogP contribution in [0.15, 0.2) is 67.2 Å². The fourth-order valence-electron chi connectivity index (χ4n) is 3.00. The summed E-state index contributed by atoms with van der Waals surface area (Å²) in [6, 6.07) is 15.4. The average Bonchev–Trinajstić information content (AvgIpc) is 3.49. The second-order valence-corrected chi connectivity index (χ2v) is 8.92. The van der Waals surface area contributed by atoms with E-state index >= 15 is 0 Å². The smallest absolute Gasteiger partial charge is 0.381 e. The van der Waals surface area contributed by atoms with Crippen molar-refractivity contribution in [3.63, 3.8) is 0 Å². The highest BCUT2D eigenvalue weighted by Gasteiger charge is 2.11. The Labute approximate surface area is 204 Å². The van der Waals surface area contributed by atoms with Crippen LogP contribution in [0.2, 0.25) is 0 Å². The van der Waals surface area contributed by atoms with Gasteiger partial charge in [0.15, 0.2) is 5.82 Å². The Morgan fingerprint density at radius 3 is 2.27 bits per heavy atom. The van der Waals surface area contributed by atoms with E-state index in [0.717, 1.165) is 36.4 Å². The zero-order chi connectivity index (χ0) is 23.5. The molecule has 9 nitrogen and oxygen atoms in total. The first-order valence-corrected chi connectivity index (χ1v) is 11.3. The molecule has 33 heavy (non-hydrogen) atoms. The van der Waals surface area contributed by atoms with Gasteiger partial charge in [0, 0.05) is 30.8 Å². The van der Waals surface area contributed by atoms with E-state index in [1.807, 2.05) is 42.5 Å². The molecule has 5 rings (SSSR count). The number of hydrogen-bond donors (Lipinski definition) is 3. The SMILES string of the molecule is C/C(N)=N/OC(=O)c1cc2cc(Br)ccc2[nH]1.Cc1noc(-c2cc3cc(Br)ccc3[nH]2)n1. The minimum absolute atomic E-state index is 0.192. The zero-order valence-corrected chi connectivity index (χ0v) is 20.7. The summed E-state index contributed by atoms with van der Waals surface area (Å²) in [6.45, 7) is 3.34. The van der Waals surface area contributed by atoms with Gasteiger partial charge in [0.05, 0.1) is 0 Å². The fraction of sp³-hybridized carbons (Fsp3) is 0.0909.